The Morgan fingerprint density at radius 2 is 0.500 bits per heavy atom. The van der Waals surface area contributed by atoms with E-state index in [0.717, 1.165) is 106 Å². The minimum atomic E-state index is 0.431. The number of benzene rings is 15. The Kier molecular flexibility index (Phi) is 13.9. The number of hydrogen-bond acceptors (Lipinski definition) is 4. The molecule has 20 aromatic rings. The molecular formula is C96H58N8. The van der Waals surface area contributed by atoms with Gasteiger partial charge in [0, 0.05) is 82.5 Å². The van der Waals surface area contributed by atoms with Crippen LogP contribution in [0, 0.1) is 22.7 Å². The number of rotatable bonds is 11. The van der Waals surface area contributed by atoms with Crippen molar-refractivity contribution in [2.75, 3.05) is 0 Å². The Labute approximate surface area is 598 Å². The van der Waals surface area contributed by atoms with E-state index in [4.69, 9.17) is 9.97 Å². The highest BCUT2D eigenvalue weighted by Gasteiger charge is 2.21. The molecule has 0 amide bonds. The fraction of sp³-hybridized carbons (Fsp3) is 0. The minimum Gasteiger partial charge on any atom is -0.309 e. The van der Waals surface area contributed by atoms with E-state index in [0.29, 0.717) is 17.0 Å². The molecule has 0 aliphatic rings. The molecule has 5 aromatic heterocycles. The Hall–Kier alpha value is -14.4. The van der Waals surface area contributed by atoms with Gasteiger partial charge in [-0.15, -0.1) is 0 Å². The van der Waals surface area contributed by atoms with Gasteiger partial charge in [-0.1, -0.05) is 200 Å². The van der Waals surface area contributed by atoms with Gasteiger partial charge in [0.2, 0.25) is 0 Å². The van der Waals surface area contributed by atoms with Crippen LogP contribution in [0.15, 0.2) is 352 Å². The molecule has 5 heterocycles. The summed E-state index contributed by atoms with van der Waals surface area (Å²) in [7, 11) is 0. The predicted octanol–water partition coefficient (Wildman–Crippen LogP) is 24.3. The molecule has 20 rings (SSSR count). The number of nitrogens with zero attached hydrogens (tertiary/aromatic N) is 8. The van der Waals surface area contributed by atoms with Crippen molar-refractivity contribution in [3.05, 3.63) is 363 Å². The average Bonchev–Trinajstić information content (AvgIpc) is 1.60. The van der Waals surface area contributed by atoms with Gasteiger partial charge in [-0.05, 0) is 196 Å². The minimum absolute atomic E-state index is 0.431. The van der Waals surface area contributed by atoms with E-state index in [1.54, 1.807) is 6.07 Å². The lowest BCUT2D eigenvalue weighted by Gasteiger charge is -2.13. The average molecular weight is 1320 g/mol. The normalized spacial score (nSPS) is 11.6. The molecule has 0 unspecified atom stereocenters. The van der Waals surface area contributed by atoms with Crippen LogP contribution in [0.3, 0.4) is 0 Å². The lowest BCUT2D eigenvalue weighted by atomic mass is 9.99. The highest BCUT2D eigenvalue weighted by atomic mass is 15.0. The van der Waals surface area contributed by atoms with E-state index in [-0.39, 0.29) is 0 Å². The maximum absolute atomic E-state index is 9.86. The van der Waals surface area contributed by atoms with Crippen molar-refractivity contribution >= 4 is 87.2 Å². The molecule has 482 valence electrons. The topological polar surface area (TPSA) is 93.1 Å². The van der Waals surface area contributed by atoms with E-state index in [2.05, 4.69) is 340 Å². The Balaban J connectivity index is 0.658. The van der Waals surface area contributed by atoms with Crippen molar-refractivity contribution in [3.63, 3.8) is 0 Å². The molecule has 0 radical (unpaired) electrons. The van der Waals surface area contributed by atoms with Crippen molar-refractivity contribution in [2.24, 2.45) is 0 Å². The van der Waals surface area contributed by atoms with Gasteiger partial charge in [0.1, 0.15) is 0 Å². The highest BCUT2D eigenvalue weighted by Crippen LogP contribution is 2.43. The second-order valence-corrected chi connectivity index (χ2v) is 26.7. The van der Waals surface area contributed by atoms with E-state index < -0.39 is 0 Å². The smallest absolute Gasteiger partial charge is 0.160 e. The van der Waals surface area contributed by atoms with E-state index in [9.17, 15) is 10.5 Å². The molecule has 0 saturated carbocycles. The van der Waals surface area contributed by atoms with Crippen molar-refractivity contribution < 1.29 is 0 Å². The monoisotopic (exact) mass is 1320 g/mol. The van der Waals surface area contributed by atoms with Crippen LogP contribution in [0.4, 0.5) is 0 Å². The first-order valence-corrected chi connectivity index (χ1v) is 35.0. The second kappa shape index (κ2) is 24.2. The van der Waals surface area contributed by atoms with Crippen LogP contribution in [-0.2, 0) is 0 Å². The summed E-state index contributed by atoms with van der Waals surface area (Å²) >= 11 is 0. The third kappa shape index (κ3) is 9.89. The quantitative estimate of drug-likeness (QED) is 0.129. The van der Waals surface area contributed by atoms with Crippen molar-refractivity contribution in [2.45, 2.75) is 0 Å². The number of aromatic nitrogens is 6. The SMILES string of the molecule is N#Cc1cc(C#N)cc(-c2ccc(-c3nc(-c4cccc(-c5ccc(-n6c7ccccc7c7cc(-c8ccc9c(c8)c8ccccc8n9-c8ccccc8)ccc76)cc5)c4)cc(-c4cccc(-n5c6ccccc6c6cc(-c7ccc8c(c7)c7ccccc7n8-c7ccccc7)ccc65)c4)n3)cc2)c1. The van der Waals surface area contributed by atoms with Gasteiger partial charge in [-0.25, -0.2) is 9.97 Å². The lowest BCUT2D eigenvalue weighted by Crippen LogP contribution is -1.98. The van der Waals surface area contributed by atoms with Crippen molar-refractivity contribution in [1.82, 2.24) is 28.2 Å². The number of nitriles is 2. The largest absolute Gasteiger partial charge is 0.309 e. The molecule has 0 fully saturated rings. The molecule has 0 N–H and O–H groups in total. The van der Waals surface area contributed by atoms with Crippen LogP contribution in [0.1, 0.15) is 11.1 Å². The van der Waals surface area contributed by atoms with Gasteiger partial charge in [-0.3, -0.25) is 0 Å². The summed E-state index contributed by atoms with van der Waals surface area (Å²) in [5, 5.41) is 29.3. The Bertz CT molecular complexity index is 6940. The van der Waals surface area contributed by atoms with Gasteiger partial charge < -0.3 is 18.3 Å². The first-order chi connectivity index (χ1) is 51.4. The number of hydrogen-bond donors (Lipinski definition) is 0. The first-order valence-electron chi connectivity index (χ1n) is 35.0. The van der Waals surface area contributed by atoms with Gasteiger partial charge in [0.15, 0.2) is 5.82 Å². The molecule has 15 aromatic carbocycles. The zero-order valence-electron chi connectivity index (χ0n) is 56.1. The standard InChI is InChI=1S/C96H58N8/c97-59-61-49-62(60-98)51-73(50-61)64-33-35-65(36-34-64)96-99-86(58-87(100-96)72-19-16-24-77(53-72)104-91-32-14-10-28-81(91)85-57-70(42-48-95(85)104)68-40-46-93-83(55-68)79-26-8-12-30-89(79)102(93)75-22-5-2-6-23-75)71-18-15-17-66(52-71)63-37-43-76(44-38-63)103-90-31-13-9-27-80(90)84-56-69(41-47-94(84)103)67-39-45-92-82(54-67)78-25-7-11-29-88(78)101(92)74-20-3-1-4-21-74/h1-58H. The molecule has 0 bridgehead atoms. The molecule has 0 aliphatic carbocycles. The number of para-hydroxylation sites is 6. The maximum Gasteiger partial charge on any atom is 0.160 e. The summed E-state index contributed by atoms with van der Waals surface area (Å²) in [5.41, 5.74) is 27.1. The van der Waals surface area contributed by atoms with Crippen molar-refractivity contribution in [1.29, 1.82) is 10.5 Å². The predicted molar refractivity (Wildman–Crippen MR) is 427 cm³/mol. The second-order valence-electron chi connectivity index (χ2n) is 26.7. The Morgan fingerprint density at radius 3 is 0.933 bits per heavy atom. The molecule has 0 aliphatic heterocycles. The lowest BCUT2D eigenvalue weighted by molar-refractivity contribution is 1.16. The zero-order valence-corrected chi connectivity index (χ0v) is 56.1. The summed E-state index contributed by atoms with van der Waals surface area (Å²) in [4.78, 5) is 10.8. The molecule has 8 nitrogen and oxygen atoms in total. The van der Waals surface area contributed by atoms with Gasteiger partial charge in [0.05, 0.1) is 78.8 Å². The summed E-state index contributed by atoms with van der Waals surface area (Å²) in [5.74, 6) is 0.562. The first kappa shape index (κ1) is 59.6. The van der Waals surface area contributed by atoms with Crippen LogP contribution >= 0.6 is 0 Å². The summed E-state index contributed by atoms with van der Waals surface area (Å²) in [6, 6.07) is 130. The van der Waals surface area contributed by atoms with E-state index >= 15 is 0 Å². The highest BCUT2D eigenvalue weighted by molar-refractivity contribution is 6.15. The van der Waals surface area contributed by atoms with E-state index in [1.165, 1.54) is 76.3 Å². The van der Waals surface area contributed by atoms with Crippen LogP contribution in [0.5, 0.6) is 0 Å². The fourth-order valence-electron chi connectivity index (χ4n) is 15.9. The Morgan fingerprint density at radius 1 is 0.192 bits per heavy atom. The molecule has 0 spiro atoms. The van der Waals surface area contributed by atoms with Crippen LogP contribution < -0.4 is 0 Å². The van der Waals surface area contributed by atoms with Gasteiger partial charge in [0.25, 0.3) is 0 Å². The van der Waals surface area contributed by atoms with Crippen LogP contribution in [0.25, 0.3) is 188 Å². The molecule has 104 heavy (non-hydrogen) atoms. The maximum atomic E-state index is 9.86. The molecular weight excluding hydrogens is 1270 g/mol. The van der Waals surface area contributed by atoms with Crippen molar-refractivity contribution in [3.8, 4) is 113 Å². The molecule has 0 saturated heterocycles. The molecule has 8 heteroatoms. The van der Waals surface area contributed by atoms with Crippen LogP contribution in [-0.4, -0.2) is 28.2 Å². The van der Waals surface area contributed by atoms with Gasteiger partial charge in [-0.2, -0.15) is 10.5 Å². The summed E-state index contributed by atoms with van der Waals surface area (Å²) in [6.45, 7) is 0. The zero-order chi connectivity index (χ0) is 68.9. The van der Waals surface area contributed by atoms with Gasteiger partial charge >= 0.3 is 0 Å². The third-order valence-electron chi connectivity index (χ3n) is 20.8. The summed E-state index contributed by atoms with van der Waals surface area (Å²) in [6.07, 6.45) is 0. The third-order valence-corrected chi connectivity index (χ3v) is 20.8. The van der Waals surface area contributed by atoms with E-state index in [1.807, 2.05) is 36.4 Å². The summed E-state index contributed by atoms with van der Waals surface area (Å²) < 4.78 is 9.48. The van der Waals surface area contributed by atoms with Crippen LogP contribution in [0.2, 0.25) is 0 Å². The molecule has 0 atom stereocenters. The fourth-order valence-corrected chi connectivity index (χ4v) is 15.9. The number of fused-ring (bicyclic) bond motifs is 12.